The van der Waals surface area contributed by atoms with Crippen LogP contribution in [0.2, 0.25) is 5.15 Å². The highest BCUT2D eigenvalue weighted by Gasteiger charge is 2.38. The summed E-state index contributed by atoms with van der Waals surface area (Å²) in [5, 5.41) is 2.47. The molecule has 2 amide bonds. The van der Waals surface area contributed by atoms with E-state index in [-0.39, 0.29) is 33.9 Å². The number of hydrogen-bond acceptors (Lipinski definition) is 7. The Labute approximate surface area is 195 Å². The van der Waals surface area contributed by atoms with Gasteiger partial charge in [0.15, 0.2) is 5.75 Å². The fourth-order valence-corrected chi connectivity index (χ4v) is 3.02. The quantitative estimate of drug-likeness (QED) is 0.467. The van der Waals surface area contributed by atoms with Crippen molar-refractivity contribution in [2.75, 3.05) is 19.5 Å². The highest BCUT2D eigenvalue weighted by molar-refractivity contribution is 6.29. The summed E-state index contributed by atoms with van der Waals surface area (Å²) in [7, 11) is 2.26. The molecule has 3 N–H and O–H groups in total. The number of primary amides is 1. The molecule has 3 aromatic rings. The van der Waals surface area contributed by atoms with Crippen molar-refractivity contribution in [2.24, 2.45) is 5.73 Å². The molecule has 0 bridgehead atoms. The maximum Gasteiger partial charge on any atom is 0.419 e. The summed E-state index contributed by atoms with van der Waals surface area (Å²) in [6.07, 6.45) is -3.64. The van der Waals surface area contributed by atoms with E-state index in [9.17, 15) is 22.8 Å². The van der Waals surface area contributed by atoms with Gasteiger partial charge in [-0.05, 0) is 36.4 Å². The average molecular weight is 497 g/mol. The van der Waals surface area contributed by atoms with Crippen molar-refractivity contribution < 1.29 is 37.0 Å². The summed E-state index contributed by atoms with van der Waals surface area (Å²) >= 11 is 5.83. The number of nitrogens with zero attached hydrogens (tertiary/aromatic N) is 2. The van der Waals surface area contributed by atoms with E-state index in [4.69, 9.17) is 31.5 Å². The van der Waals surface area contributed by atoms with Gasteiger partial charge in [0, 0.05) is 11.9 Å². The van der Waals surface area contributed by atoms with Gasteiger partial charge < -0.3 is 25.3 Å². The summed E-state index contributed by atoms with van der Waals surface area (Å²) in [4.78, 5) is 32.1. The van der Waals surface area contributed by atoms with Gasteiger partial charge in [-0.25, -0.2) is 0 Å². The molecule has 2 heterocycles. The van der Waals surface area contributed by atoms with Crippen LogP contribution in [0, 0.1) is 0 Å². The zero-order chi connectivity index (χ0) is 25.0. The first-order chi connectivity index (χ1) is 16.0. The molecule has 0 aliphatic rings. The predicted molar refractivity (Wildman–Crippen MR) is 115 cm³/mol. The molecule has 0 radical (unpaired) electrons. The van der Waals surface area contributed by atoms with Crippen LogP contribution in [0.15, 0.2) is 42.6 Å². The lowest BCUT2D eigenvalue weighted by atomic mass is 10.1. The minimum Gasteiger partial charge on any atom is -0.495 e. The minimum absolute atomic E-state index is 0.0253. The lowest BCUT2D eigenvalue weighted by molar-refractivity contribution is -0.138. The summed E-state index contributed by atoms with van der Waals surface area (Å²) in [6, 6.07) is 6.86. The number of pyridine rings is 2. The third kappa shape index (κ3) is 5.29. The number of carbonyl (C=O) groups is 2. The highest BCUT2D eigenvalue weighted by atomic mass is 35.5. The number of methoxy groups -OCH3 is 2. The van der Waals surface area contributed by atoms with E-state index in [1.54, 1.807) is 0 Å². The number of nitrogens with one attached hydrogen (secondary N) is 1. The third-order valence-electron chi connectivity index (χ3n) is 4.33. The number of ether oxygens (including phenoxy) is 3. The largest absolute Gasteiger partial charge is 0.495 e. The number of hydrogen-bond donors (Lipinski definition) is 2. The van der Waals surface area contributed by atoms with Crippen LogP contribution in [0.5, 0.6) is 23.1 Å². The van der Waals surface area contributed by atoms with Gasteiger partial charge in [-0.15, -0.1) is 0 Å². The Morgan fingerprint density at radius 3 is 2.38 bits per heavy atom. The Hall–Kier alpha value is -4.06. The SMILES string of the molecule is COc1nc(Cl)ccc1Oc1ccc(C(F)(F)F)c(OC)c1C(=O)Nc1ccnc(C(N)=O)c1. The molecule has 178 valence electrons. The maximum atomic E-state index is 13.6. The predicted octanol–water partition coefficient (Wildman–Crippen LogP) is 4.31. The third-order valence-corrected chi connectivity index (χ3v) is 4.54. The van der Waals surface area contributed by atoms with Crippen LogP contribution >= 0.6 is 11.6 Å². The van der Waals surface area contributed by atoms with Gasteiger partial charge in [-0.3, -0.25) is 14.6 Å². The van der Waals surface area contributed by atoms with E-state index in [2.05, 4.69) is 15.3 Å². The smallest absolute Gasteiger partial charge is 0.419 e. The molecule has 13 heteroatoms. The van der Waals surface area contributed by atoms with Crippen molar-refractivity contribution in [1.82, 2.24) is 9.97 Å². The Morgan fingerprint density at radius 2 is 1.76 bits per heavy atom. The molecule has 1 aromatic carbocycles. The molecule has 3 rings (SSSR count). The van der Waals surface area contributed by atoms with Crippen LogP contribution in [0.25, 0.3) is 0 Å². The number of benzene rings is 1. The van der Waals surface area contributed by atoms with Gasteiger partial charge in [-0.2, -0.15) is 18.2 Å². The molecule has 9 nitrogen and oxygen atoms in total. The molecule has 0 fully saturated rings. The van der Waals surface area contributed by atoms with Crippen LogP contribution < -0.4 is 25.3 Å². The van der Waals surface area contributed by atoms with Crippen molar-refractivity contribution in [3.05, 3.63) is 64.6 Å². The van der Waals surface area contributed by atoms with Gasteiger partial charge in [0.25, 0.3) is 17.7 Å². The normalized spacial score (nSPS) is 11.0. The maximum absolute atomic E-state index is 13.6. The van der Waals surface area contributed by atoms with Crippen LogP contribution in [0.4, 0.5) is 18.9 Å². The number of aromatic nitrogens is 2. The van der Waals surface area contributed by atoms with Crippen LogP contribution in [-0.2, 0) is 6.18 Å². The summed E-state index contributed by atoms with van der Waals surface area (Å²) in [5.41, 5.74) is 3.28. The lowest BCUT2D eigenvalue weighted by Gasteiger charge is -2.19. The Balaban J connectivity index is 2.13. The average Bonchev–Trinajstić information content (AvgIpc) is 2.79. The molecular weight excluding hydrogens is 481 g/mol. The highest BCUT2D eigenvalue weighted by Crippen LogP contribution is 2.43. The first-order valence-corrected chi connectivity index (χ1v) is 9.66. The standard InChI is InChI=1S/C21H16ClF3N4O5/c1-32-17-11(21(23,24)25)3-4-13(34-14-5-6-15(22)29-20(14)33-2)16(17)19(31)28-10-7-8-27-12(9-10)18(26)30/h3-9H,1-2H3,(H2,26,30)(H,27,28,31). The van der Waals surface area contributed by atoms with E-state index in [0.717, 1.165) is 19.2 Å². The van der Waals surface area contributed by atoms with Crippen LogP contribution in [0.1, 0.15) is 26.4 Å². The van der Waals surface area contributed by atoms with Gasteiger partial charge >= 0.3 is 6.18 Å². The van der Waals surface area contributed by atoms with Gasteiger partial charge in [0.2, 0.25) is 0 Å². The fraction of sp³-hybridized carbons (Fsp3) is 0.143. The second-order valence-electron chi connectivity index (χ2n) is 6.51. The molecule has 34 heavy (non-hydrogen) atoms. The van der Waals surface area contributed by atoms with Gasteiger partial charge in [0.05, 0.1) is 19.8 Å². The zero-order valence-electron chi connectivity index (χ0n) is 17.6. The summed E-state index contributed by atoms with van der Waals surface area (Å²) < 4.78 is 56.6. The van der Waals surface area contributed by atoms with Crippen molar-refractivity contribution in [1.29, 1.82) is 0 Å². The van der Waals surface area contributed by atoms with E-state index >= 15 is 0 Å². The molecule has 0 spiro atoms. The van der Waals surface area contributed by atoms with Crippen LogP contribution in [-0.4, -0.2) is 36.0 Å². The van der Waals surface area contributed by atoms with Crippen molar-refractivity contribution in [2.45, 2.75) is 6.18 Å². The number of nitrogens with two attached hydrogens (primary N) is 1. The number of amides is 2. The van der Waals surface area contributed by atoms with Gasteiger partial charge in [-0.1, -0.05) is 11.6 Å². The molecular formula is C21H16ClF3N4O5. The number of rotatable bonds is 7. The van der Waals surface area contributed by atoms with E-state index in [1.165, 1.54) is 31.5 Å². The molecule has 0 aliphatic heterocycles. The Kier molecular flexibility index (Phi) is 7.11. The van der Waals surface area contributed by atoms with E-state index in [0.29, 0.717) is 6.07 Å². The second-order valence-corrected chi connectivity index (χ2v) is 6.90. The number of alkyl halides is 3. The molecule has 0 saturated carbocycles. The van der Waals surface area contributed by atoms with E-state index in [1.807, 2.05) is 0 Å². The number of halogens is 4. The first kappa shape index (κ1) is 24.6. The minimum atomic E-state index is -4.84. The fourth-order valence-electron chi connectivity index (χ4n) is 2.88. The van der Waals surface area contributed by atoms with Crippen LogP contribution in [0.3, 0.4) is 0 Å². The monoisotopic (exact) mass is 496 g/mol. The van der Waals surface area contributed by atoms with Crippen molar-refractivity contribution in [3.8, 4) is 23.1 Å². The summed E-state index contributed by atoms with van der Waals surface area (Å²) in [6.45, 7) is 0. The Bertz CT molecular complexity index is 1250. The molecule has 0 atom stereocenters. The summed E-state index contributed by atoms with van der Waals surface area (Å²) in [5.74, 6) is -3.07. The molecule has 0 unspecified atom stereocenters. The topological polar surface area (TPSA) is 126 Å². The molecule has 2 aromatic heterocycles. The van der Waals surface area contributed by atoms with Gasteiger partial charge in [0.1, 0.15) is 27.9 Å². The number of carbonyl (C=O) groups excluding carboxylic acids is 2. The second kappa shape index (κ2) is 9.83. The Morgan fingerprint density at radius 1 is 1.06 bits per heavy atom. The molecule has 0 aliphatic carbocycles. The first-order valence-electron chi connectivity index (χ1n) is 9.29. The molecule has 0 saturated heterocycles. The van der Waals surface area contributed by atoms with Crippen molar-refractivity contribution in [3.63, 3.8) is 0 Å². The van der Waals surface area contributed by atoms with E-state index < -0.39 is 34.9 Å². The number of anilines is 1. The zero-order valence-corrected chi connectivity index (χ0v) is 18.3. The van der Waals surface area contributed by atoms with Crippen molar-refractivity contribution >= 4 is 29.1 Å². The lowest BCUT2D eigenvalue weighted by Crippen LogP contribution is -2.19.